The molecule has 2 rings (SSSR count). The van der Waals surface area contributed by atoms with Gasteiger partial charge in [0.15, 0.2) is 0 Å². The molecule has 1 aromatic rings. The highest BCUT2D eigenvalue weighted by molar-refractivity contribution is 5.59. The molecule has 2 N–H and O–H groups in total. The first kappa shape index (κ1) is 16.0. The van der Waals surface area contributed by atoms with Gasteiger partial charge in [-0.2, -0.15) is 0 Å². The number of nitrogens with zero attached hydrogens (tertiary/aromatic N) is 3. The van der Waals surface area contributed by atoms with E-state index in [2.05, 4.69) is 17.1 Å². The van der Waals surface area contributed by atoms with E-state index >= 15 is 0 Å². The van der Waals surface area contributed by atoms with Crippen LogP contribution in [0.5, 0.6) is 0 Å². The molecular formula is C16H28N4O. The Morgan fingerprint density at radius 1 is 1.33 bits per heavy atom. The second kappa shape index (κ2) is 6.18. The van der Waals surface area contributed by atoms with Gasteiger partial charge in [-0.05, 0) is 40.0 Å². The Balaban J connectivity index is 2.40. The van der Waals surface area contributed by atoms with E-state index in [-0.39, 0.29) is 12.1 Å². The van der Waals surface area contributed by atoms with Gasteiger partial charge in [0.25, 0.3) is 0 Å². The zero-order valence-electron chi connectivity index (χ0n) is 13.9. The van der Waals surface area contributed by atoms with Gasteiger partial charge in [0.2, 0.25) is 0 Å². The SMILES string of the molecule is CCCNc1nc(C2CC2)nc(N(C)C(C)(C)CO)c1C. The molecule has 0 atom stereocenters. The fourth-order valence-electron chi connectivity index (χ4n) is 2.18. The number of aromatic nitrogens is 2. The highest BCUT2D eigenvalue weighted by atomic mass is 16.3. The largest absolute Gasteiger partial charge is 0.394 e. The third-order valence-corrected chi connectivity index (χ3v) is 4.23. The number of hydrogen-bond acceptors (Lipinski definition) is 5. The van der Waals surface area contributed by atoms with Crippen molar-refractivity contribution >= 4 is 11.6 Å². The summed E-state index contributed by atoms with van der Waals surface area (Å²) in [6.45, 7) is 9.23. The summed E-state index contributed by atoms with van der Waals surface area (Å²) in [5.74, 6) is 3.31. The summed E-state index contributed by atoms with van der Waals surface area (Å²) in [5.41, 5.74) is 0.707. The third kappa shape index (κ3) is 3.46. The van der Waals surface area contributed by atoms with Crippen LogP contribution in [0.1, 0.15) is 57.3 Å². The number of anilines is 2. The normalized spacial score (nSPS) is 15.1. The van der Waals surface area contributed by atoms with E-state index in [1.165, 1.54) is 12.8 Å². The maximum atomic E-state index is 9.62. The minimum absolute atomic E-state index is 0.0867. The van der Waals surface area contributed by atoms with Crippen molar-refractivity contribution in [2.45, 2.75) is 58.4 Å². The fourth-order valence-corrected chi connectivity index (χ4v) is 2.18. The van der Waals surface area contributed by atoms with Gasteiger partial charge in [-0.25, -0.2) is 9.97 Å². The van der Waals surface area contributed by atoms with Crippen molar-refractivity contribution in [3.05, 3.63) is 11.4 Å². The molecule has 118 valence electrons. The number of aliphatic hydroxyl groups excluding tert-OH is 1. The molecule has 0 aliphatic heterocycles. The zero-order chi connectivity index (χ0) is 15.6. The molecule has 21 heavy (non-hydrogen) atoms. The first-order valence-electron chi connectivity index (χ1n) is 7.87. The number of rotatable bonds is 7. The highest BCUT2D eigenvalue weighted by Crippen LogP contribution is 2.40. The molecule has 1 heterocycles. The Morgan fingerprint density at radius 2 is 2.00 bits per heavy atom. The molecule has 1 saturated carbocycles. The van der Waals surface area contributed by atoms with Crippen molar-refractivity contribution < 1.29 is 5.11 Å². The number of hydrogen-bond donors (Lipinski definition) is 2. The summed E-state index contributed by atoms with van der Waals surface area (Å²) in [7, 11) is 1.99. The van der Waals surface area contributed by atoms with Crippen LogP contribution >= 0.6 is 0 Å². The summed E-state index contributed by atoms with van der Waals surface area (Å²) in [6, 6.07) is 0. The minimum atomic E-state index is -0.345. The van der Waals surface area contributed by atoms with Crippen LogP contribution in [0.15, 0.2) is 0 Å². The van der Waals surface area contributed by atoms with E-state index in [4.69, 9.17) is 9.97 Å². The average molecular weight is 292 g/mol. The van der Waals surface area contributed by atoms with Gasteiger partial charge in [0.1, 0.15) is 17.5 Å². The quantitative estimate of drug-likeness (QED) is 0.809. The molecule has 0 aromatic carbocycles. The zero-order valence-corrected chi connectivity index (χ0v) is 13.9. The summed E-state index contributed by atoms with van der Waals surface area (Å²) >= 11 is 0. The lowest BCUT2D eigenvalue weighted by atomic mass is 10.0. The van der Waals surface area contributed by atoms with Crippen molar-refractivity contribution in [3.63, 3.8) is 0 Å². The molecule has 0 radical (unpaired) electrons. The van der Waals surface area contributed by atoms with Gasteiger partial charge in [0.05, 0.1) is 12.1 Å². The minimum Gasteiger partial charge on any atom is -0.394 e. The number of aliphatic hydroxyl groups is 1. The Labute approximate surface area is 127 Å². The monoisotopic (exact) mass is 292 g/mol. The summed E-state index contributed by atoms with van der Waals surface area (Å²) in [4.78, 5) is 11.6. The Morgan fingerprint density at radius 3 is 2.52 bits per heavy atom. The summed E-state index contributed by atoms with van der Waals surface area (Å²) in [5, 5.41) is 13.0. The maximum absolute atomic E-state index is 9.62. The van der Waals surface area contributed by atoms with Crippen molar-refractivity contribution in [1.82, 2.24) is 9.97 Å². The van der Waals surface area contributed by atoms with Crippen molar-refractivity contribution in [2.75, 3.05) is 30.4 Å². The van der Waals surface area contributed by atoms with Crippen LogP contribution in [0.4, 0.5) is 11.6 Å². The van der Waals surface area contributed by atoms with Gasteiger partial charge >= 0.3 is 0 Å². The lowest BCUT2D eigenvalue weighted by molar-refractivity contribution is 0.215. The number of nitrogens with one attached hydrogen (secondary N) is 1. The molecule has 0 spiro atoms. The first-order valence-corrected chi connectivity index (χ1v) is 7.87. The lowest BCUT2D eigenvalue weighted by Crippen LogP contribution is -2.45. The van der Waals surface area contributed by atoms with Crippen LogP contribution in [0.3, 0.4) is 0 Å². The molecule has 5 nitrogen and oxygen atoms in total. The highest BCUT2D eigenvalue weighted by Gasteiger charge is 2.31. The molecule has 1 aliphatic carbocycles. The van der Waals surface area contributed by atoms with E-state index in [9.17, 15) is 5.11 Å². The van der Waals surface area contributed by atoms with Crippen LogP contribution in [0.2, 0.25) is 0 Å². The molecule has 0 unspecified atom stereocenters. The van der Waals surface area contributed by atoms with E-state index in [0.717, 1.165) is 36.0 Å². The maximum Gasteiger partial charge on any atom is 0.137 e. The van der Waals surface area contributed by atoms with Gasteiger partial charge in [-0.1, -0.05) is 6.92 Å². The predicted octanol–water partition coefficient (Wildman–Crippen LogP) is 2.69. The smallest absolute Gasteiger partial charge is 0.137 e. The van der Waals surface area contributed by atoms with Crippen LogP contribution in [0, 0.1) is 6.92 Å². The van der Waals surface area contributed by atoms with E-state index < -0.39 is 0 Å². The molecular weight excluding hydrogens is 264 g/mol. The van der Waals surface area contributed by atoms with Crippen molar-refractivity contribution in [2.24, 2.45) is 0 Å². The van der Waals surface area contributed by atoms with E-state index in [1.807, 2.05) is 27.8 Å². The standard InChI is InChI=1S/C16H28N4O/c1-6-9-17-13-11(2)15(20(5)16(3,4)10-21)19-14(18-13)12-7-8-12/h12,21H,6-10H2,1-5H3,(H,17,18,19). The van der Waals surface area contributed by atoms with Crippen molar-refractivity contribution in [3.8, 4) is 0 Å². The van der Waals surface area contributed by atoms with Gasteiger partial charge < -0.3 is 15.3 Å². The molecule has 1 aromatic heterocycles. The Bertz CT molecular complexity index is 497. The average Bonchev–Trinajstić information content (AvgIpc) is 3.30. The molecule has 0 saturated heterocycles. The summed E-state index contributed by atoms with van der Waals surface area (Å²) < 4.78 is 0. The molecule has 0 amide bonds. The Kier molecular flexibility index (Phi) is 4.71. The second-order valence-electron chi connectivity index (χ2n) is 6.61. The van der Waals surface area contributed by atoms with Gasteiger partial charge in [0, 0.05) is 25.1 Å². The van der Waals surface area contributed by atoms with Crippen LogP contribution < -0.4 is 10.2 Å². The van der Waals surface area contributed by atoms with Gasteiger partial charge in [-0.15, -0.1) is 0 Å². The molecule has 5 heteroatoms. The second-order valence-corrected chi connectivity index (χ2v) is 6.61. The fraction of sp³-hybridized carbons (Fsp3) is 0.750. The van der Waals surface area contributed by atoms with Crippen LogP contribution in [-0.2, 0) is 0 Å². The lowest BCUT2D eigenvalue weighted by Gasteiger charge is -2.36. The van der Waals surface area contributed by atoms with E-state index in [0.29, 0.717) is 5.92 Å². The summed E-state index contributed by atoms with van der Waals surface area (Å²) in [6.07, 6.45) is 3.43. The first-order chi connectivity index (χ1) is 9.90. The molecule has 1 aliphatic rings. The van der Waals surface area contributed by atoms with Gasteiger partial charge in [-0.3, -0.25) is 0 Å². The van der Waals surface area contributed by atoms with Crippen molar-refractivity contribution in [1.29, 1.82) is 0 Å². The third-order valence-electron chi connectivity index (χ3n) is 4.23. The van der Waals surface area contributed by atoms with E-state index in [1.54, 1.807) is 0 Å². The predicted molar refractivity (Wildman–Crippen MR) is 87.1 cm³/mol. The van der Waals surface area contributed by atoms with Crippen LogP contribution in [-0.4, -0.2) is 40.8 Å². The van der Waals surface area contributed by atoms with Crippen LogP contribution in [0.25, 0.3) is 0 Å². The molecule has 0 bridgehead atoms. The number of likely N-dealkylation sites (N-methyl/N-ethyl adjacent to an activating group) is 1. The Hall–Kier alpha value is -1.36. The molecule has 1 fully saturated rings. The topological polar surface area (TPSA) is 61.3 Å².